The van der Waals surface area contributed by atoms with Crippen LogP contribution in [0.3, 0.4) is 0 Å². The maximum absolute atomic E-state index is 12.8. The molecular weight excluding hydrogens is 440 g/mol. The molecule has 0 bridgehead atoms. The van der Waals surface area contributed by atoms with Crippen LogP contribution in [0.1, 0.15) is 0 Å². The van der Waals surface area contributed by atoms with Gasteiger partial charge in [-0.15, -0.1) is 0 Å². The minimum absolute atomic E-state index is 0.0500. The van der Waals surface area contributed by atoms with Gasteiger partial charge in [0.1, 0.15) is 6.54 Å². The van der Waals surface area contributed by atoms with Crippen LogP contribution >= 0.6 is 27.5 Å². The zero-order chi connectivity index (χ0) is 18.8. The van der Waals surface area contributed by atoms with E-state index in [1.807, 2.05) is 0 Å². The number of nitrogens with zero attached hydrogens (tertiary/aromatic N) is 2. The van der Waals surface area contributed by atoms with Crippen molar-refractivity contribution in [3.63, 3.8) is 0 Å². The molecule has 0 fully saturated rings. The molecule has 8 nitrogen and oxygen atoms in total. The molecule has 0 atom stereocenters. The number of benzene rings is 2. The van der Waals surface area contributed by atoms with E-state index in [9.17, 15) is 23.3 Å². The fourth-order valence-corrected chi connectivity index (χ4v) is 3.77. The van der Waals surface area contributed by atoms with Crippen LogP contribution in [-0.2, 0) is 14.8 Å². The van der Waals surface area contributed by atoms with Crippen LogP contribution in [-0.4, -0.2) is 31.0 Å². The number of halogens is 2. The Morgan fingerprint density at radius 2 is 1.84 bits per heavy atom. The Morgan fingerprint density at radius 1 is 1.24 bits per heavy atom. The summed E-state index contributed by atoms with van der Waals surface area (Å²) in [5, 5.41) is 19.9. The summed E-state index contributed by atoms with van der Waals surface area (Å²) < 4.78 is 26.7. The number of nitro benzene ring substituents is 1. The van der Waals surface area contributed by atoms with E-state index >= 15 is 0 Å². The lowest BCUT2D eigenvalue weighted by atomic mass is 10.3. The molecule has 0 radical (unpaired) electrons. The largest absolute Gasteiger partial charge is 0.480 e. The van der Waals surface area contributed by atoms with E-state index in [1.54, 1.807) is 0 Å². The predicted molar refractivity (Wildman–Crippen MR) is 94.4 cm³/mol. The SMILES string of the molecule is O=C(O)CN(c1ccc(Br)c(Cl)c1)S(=O)(=O)c1ccc([N+](=O)[O-])cc1. The average molecular weight is 450 g/mol. The molecule has 2 aromatic carbocycles. The van der Waals surface area contributed by atoms with Crippen molar-refractivity contribution in [1.82, 2.24) is 0 Å². The van der Waals surface area contributed by atoms with Gasteiger partial charge < -0.3 is 5.11 Å². The van der Waals surface area contributed by atoms with Gasteiger partial charge in [0.15, 0.2) is 0 Å². The molecule has 0 saturated carbocycles. The summed E-state index contributed by atoms with van der Waals surface area (Å²) in [6, 6.07) is 8.32. The van der Waals surface area contributed by atoms with Crippen molar-refractivity contribution in [2.75, 3.05) is 10.8 Å². The first-order chi connectivity index (χ1) is 11.6. The zero-order valence-corrected chi connectivity index (χ0v) is 15.5. The first-order valence-electron chi connectivity index (χ1n) is 6.57. The highest BCUT2D eigenvalue weighted by atomic mass is 79.9. The van der Waals surface area contributed by atoms with Gasteiger partial charge in [-0.05, 0) is 46.3 Å². The van der Waals surface area contributed by atoms with E-state index < -0.39 is 27.5 Å². The number of nitro groups is 1. The van der Waals surface area contributed by atoms with E-state index in [0.717, 1.165) is 24.3 Å². The summed E-state index contributed by atoms with van der Waals surface area (Å²) in [6.07, 6.45) is 0. The van der Waals surface area contributed by atoms with E-state index in [4.69, 9.17) is 16.7 Å². The second-order valence-electron chi connectivity index (χ2n) is 4.75. The van der Waals surface area contributed by atoms with E-state index in [2.05, 4.69) is 15.9 Å². The van der Waals surface area contributed by atoms with Crippen molar-refractivity contribution in [3.05, 3.63) is 62.1 Å². The standard InChI is InChI=1S/C14H10BrClN2O6S/c15-12-6-3-10(7-13(12)16)17(8-14(19)20)25(23,24)11-4-1-9(2-5-11)18(21)22/h1-7H,8H2,(H,19,20). The second-order valence-corrected chi connectivity index (χ2v) is 7.88. The number of non-ortho nitro benzene ring substituents is 1. The van der Waals surface area contributed by atoms with Crippen molar-refractivity contribution < 1.29 is 23.2 Å². The molecule has 0 aromatic heterocycles. The van der Waals surface area contributed by atoms with Gasteiger partial charge in [-0.2, -0.15) is 0 Å². The van der Waals surface area contributed by atoms with Crippen LogP contribution in [0.5, 0.6) is 0 Å². The van der Waals surface area contributed by atoms with Gasteiger partial charge in [-0.1, -0.05) is 11.6 Å². The normalized spacial score (nSPS) is 11.1. The van der Waals surface area contributed by atoms with Gasteiger partial charge in [0.25, 0.3) is 15.7 Å². The smallest absolute Gasteiger partial charge is 0.324 e. The summed E-state index contributed by atoms with van der Waals surface area (Å²) in [5.74, 6) is -1.37. The maximum Gasteiger partial charge on any atom is 0.324 e. The van der Waals surface area contributed by atoms with Gasteiger partial charge >= 0.3 is 5.97 Å². The number of anilines is 1. The van der Waals surface area contributed by atoms with E-state index in [-0.39, 0.29) is 21.3 Å². The van der Waals surface area contributed by atoms with Crippen LogP contribution < -0.4 is 4.31 Å². The lowest BCUT2D eigenvalue weighted by Crippen LogP contribution is -2.35. The molecule has 0 aliphatic rings. The molecular formula is C14H10BrClN2O6S. The summed E-state index contributed by atoms with van der Waals surface area (Å²) in [7, 11) is -4.27. The third-order valence-electron chi connectivity index (χ3n) is 3.11. The maximum atomic E-state index is 12.8. The lowest BCUT2D eigenvalue weighted by molar-refractivity contribution is -0.384. The highest BCUT2D eigenvalue weighted by Gasteiger charge is 2.28. The van der Waals surface area contributed by atoms with Gasteiger partial charge in [-0.25, -0.2) is 8.42 Å². The molecule has 0 saturated heterocycles. The zero-order valence-electron chi connectivity index (χ0n) is 12.3. The van der Waals surface area contributed by atoms with Crippen LogP contribution in [0.25, 0.3) is 0 Å². The first-order valence-corrected chi connectivity index (χ1v) is 9.18. The van der Waals surface area contributed by atoms with Crippen LogP contribution in [0.15, 0.2) is 51.8 Å². The number of carboxylic acids is 1. The molecule has 11 heteroatoms. The van der Waals surface area contributed by atoms with Crippen LogP contribution in [0.2, 0.25) is 5.02 Å². The molecule has 1 N–H and O–H groups in total. The third kappa shape index (κ3) is 4.27. The van der Waals surface area contributed by atoms with Crippen LogP contribution in [0, 0.1) is 10.1 Å². The van der Waals surface area contributed by atoms with Crippen molar-refractivity contribution in [1.29, 1.82) is 0 Å². The summed E-state index contributed by atoms with van der Waals surface area (Å²) in [4.78, 5) is 20.9. The number of carbonyl (C=O) groups is 1. The molecule has 0 amide bonds. The van der Waals surface area contributed by atoms with E-state index in [1.165, 1.54) is 18.2 Å². The fraction of sp³-hybridized carbons (Fsp3) is 0.0714. The quantitative estimate of drug-likeness (QED) is 0.534. The number of carboxylic acid groups (broad SMARTS) is 1. The number of sulfonamides is 1. The van der Waals surface area contributed by atoms with Gasteiger partial charge in [0.2, 0.25) is 0 Å². The minimum atomic E-state index is -4.27. The molecule has 0 spiro atoms. The molecule has 2 rings (SSSR count). The number of hydrogen-bond donors (Lipinski definition) is 1. The second kappa shape index (κ2) is 7.38. The van der Waals surface area contributed by atoms with E-state index in [0.29, 0.717) is 8.78 Å². The highest BCUT2D eigenvalue weighted by Crippen LogP contribution is 2.31. The molecule has 2 aromatic rings. The lowest BCUT2D eigenvalue weighted by Gasteiger charge is -2.23. The molecule has 0 aliphatic carbocycles. The Morgan fingerprint density at radius 3 is 2.32 bits per heavy atom. The third-order valence-corrected chi connectivity index (χ3v) is 6.13. The Balaban J connectivity index is 2.53. The molecule has 0 heterocycles. The minimum Gasteiger partial charge on any atom is -0.480 e. The first kappa shape index (κ1) is 19.2. The molecule has 0 unspecified atom stereocenters. The number of rotatable bonds is 6. The van der Waals surface area contributed by atoms with Gasteiger partial charge in [-0.3, -0.25) is 19.2 Å². The monoisotopic (exact) mass is 448 g/mol. The Bertz CT molecular complexity index is 933. The number of aliphatic carboxylic acids is 1. The van der Waals surface area contributed by atoms with Gasteiger partial charge in [0.05, 0.1) is 20.5 Å². The topological polar surface area (TPSA) is 118 Å². The van der Waals surface area contributed by atoms with Gasteiger partial charge in [0, 0.05) is 16.6 Å². The van der Waals surface area contributed by atoms with Crippen molar-refractivity contribution in [2.45, 2.75) is 4.90 Å². The number of hydrogen-bond acceptors (Lipinski definition) is 5. The Labute approximate surface area is 156 Å². The highest BCUT2D eigenvalue weighted by molar-refractivity contribution is 9.10. The molecule has 0 aliphatic heterocycles. The van der Waals surface area contributed by atoms with Crippen LogP contribution in [0.4, 0.5) is 11.4 Å². The molecule has 25 heavy (non-hydrogen) atoms. The average Bonchev–Trinajstić information content (AvgIpc) is 2.55. The Hall–Kier alpha value is -2.17. The van der Waals surface area contributed by atoms with Crippen molar-refractivity contribution >= 4 is 54.9 Å². The summed E-state index contributed by atoms with van der Waals surface area (Å²) in [6.45, 7) is -0.836. The summed E-state index contributed by atoms with van der Waals surface area (Å²) >= 11 is 9.12. The fourth-order valence-electron chi connectivity index (χ4n) is 1.95. The Kier molecular flexibility index (Phi) is 5.65. The van der Waals surface area contributed by atoms with Crippen molar-refractivity contribution in [2.24, 2.45) is 0 Å². The van der Waals surface area contributed by atoms with Crippen molar-refractivity contribution in [3.8, 4) is 0 Å². The predicted octanol–water partition coefficient (Wildman–Crippen LogP) is 3.29. The molecule has 132 valence electrons. The summed E-state index contributed by atoms with van der Waals surface area (Å²) in [5.41, 5.74) is -0.232.